The largest absolute Gasteiger partial charge is 0.488 e. The summed E-state index contributed by atoms with van der Waals surface area (Å²) in [4.78, 5) is 24.2. The van der Waals surface area contributed by atoms with Crippen molar-refractivity contribution in [3.05, 3.63) is 51.8 Å². The van der Waals surface area contributed by atoms with Crippen LogP contribution in [-0.4, -0.2) is 32.9 Å². The molecule has 150 valence electrons. The molecule has 2 aliphatic rings. The van der Waals surface area contributed by atoms with Gasteiger partial charge in [0.05, 0.1) is 22.5 Å². The third-order valence-electron chi connectivity index (χ3n) is 5.77. The molecule has 3 aromatic rings. The summed E-state index contributed by atoms with van der Waals surface area (Å²) >= 11 is 0. The maximum Gasteiger partial charge on any atom is 0.341 e. The van der Waals surface area contributed by atoms with Crippen molar-refractivity contribution in [1.82, 2.24) is 14.5 Å². The van der Waals surface area contributed by atoms with Crippen LogP contribution in [0.15, 0.2) is 29.3 Å². The Morgan fingerprint density at radius 1 is 1.31 bits per heavy atom. The van der Waals surface area contributed by atoms with Gasteiger partial charge in [0, 0.05) is 42.8 Å². The highest BCUT2D eigenvalue weighted by molar-refractivity contribution is 5.98. The molecule has 5 rings (SSSR count). The van der Waals surface area contributed by atoms with Crippen molar-refractivity contribution in [2.45, 2.75) is 39.0 Å². The van der Waals surface area contributed by atoms with Gasteiger partial charge in [0.1, 0.15) is 18.0 Å². The van der Waals surface area contributed by atoms with E-state index in [-0.39, 0.29) is 29.3 Å². The average molecular weight is 397 g/mol. The SMILES string of the molecule is C[C@H]1Cn2cc(-c3c(F)cc4c(=O)c(C(=O)O)cn5c4c3OC[C@@H]5C)cc2CN1. The summed E-state index contributed by atoms with van der Waals surface area (Å²) in [5.41, 5.74) is 1.39. The standard InChI is InChI=1S/C21H20FN3O4/c1-10-6-24-7-12(3-13(24)5-23-10)17-16(22)4-14-18-20(17)29-9-11(2)25(18)8-15(19(14)26)21(27)28/h3-4,7-8,10-11,23H,5-6,9H2,1-2H3,(H,27,28)/t10-,11-/m0/s1. The third-order valence-corrected chi connectivity index (χ3v) is 5.77. The lowest BCUT2D eigenvalue weighted by Gasteiger charge is -2.28. The van der Waals surface area contributed by atoms with E-state index in [4.69, 9.17) is 4.74 Å². The molecule has 8 heteroatoms. The fourth-order valence-electron chi connectivity index (χ4n) is 4.30. The Balaban J connectivity index is 1.82. The first-order valence-corrected chi connectivity index (χ1v) is 9.55. The molecule has 2 N–H and O–H groups in total. The summed E-state index contributed by atoms with van der Waals surface area (Å²) in [6, 6.07) is 3.20. The molecule has 0 aliphatic carbocycles. The molecule has 0 unspecified atom stereocenters. The number of pyridine rings is 1. The summed E-state index contributed by atoms with van der Waals surface area (Å²) in [5.74, 6) is -1.64. The van der Waals surface area contributed by atoms with E-state index in [1.54, 1.807) is 4.57 Å². The van der Waals surface area contributed by atoms with Gasteiger partial charge in [-0.05, 0) is 26.0 Å². The van der Waals surface area contributed by atoms with E-state index < -0.39 is 17.2 Å². The van der Waals surface area contributed by atoms with Crippen LogP contribution in [-0.2, 0) is 13.1 Å². The van der Waals surface area contributed by atoms with Gasteiger partial charge in [0.2, 0.25) is 5.43 Å². The quantitative estimate of drug-likeness (QED) is 0.695. The molecule has 1 aromatic carbocycles. The first-order valence-electron chi connectivity index (χ1n) is 9.55. The summed E-state index contributed by atoms with van der Waals surface area (Å²) in [6.07, 6.45) is 3.24. The second-order valence-electron chi connectivity index (χ2n) is 7.86. The predicted octanol–water partition coefficient (Wildman–Crippen LogP) is 2.75. The number of nitrogens with zero attached hydrogens (tertiary/aromatic N) is 2. The maximum absolute atomic E-state index is 15.3. The van der Waals surface area contributed by atoms with Crippen molar-refractivity contribution in [2.24, 2.45) is 0 Å². The molecule has 0 fully saturated rings. The smallest absolute Gasteiger partial charge is 0.341 e. The molecule has 0 saturated carbocycles. The fourth-order valence-corrected chi connectivity index (χ4v) is 4.30. The number of nitrogens with one attached hydrogen (secondary N) is 1. The van der Waals surface area contributed by atoms with Crippen LogP contribution < -0.4 is 15.5 Å². The molecule has 0 amide bonds. The van der Waals surface area contributed by atoms with E-state index in [9.17, 15) is 14.7 Å². The minimum atomic E-state index is -1.33. The topological polar surface area (TPSA) is 85.5 Å². The molecule has 0 radical (unpaired) electrons. The minimum Gasteiger partial charge on any atom is -0.488 e. The van der Waals surface area contributed by atoms with Crippen molar-refractivity contribution in [3.8, 4) is 16.9 Å². The van der Waals surface area contributed by atoms with Gasteiger partial charge in [0.25, 0.3) is 0 Å². The van der Waals surface area contributed by atoms with E-state index in [2.05, 4.69) is 16.8 Å². The Morgan fingerprint density at radius 3 is 2.86 bits per heavy atom. The second-order valence-corrected chi connectivity index (χ2v) is 7.86. The van der Waals surface area contributed by atoms with E-state index in [0.717, 1.165) is 18.3 Å². The zero-order valence-electron chi connectivity index (χ0n) is 16.0. The Labute approximate surface area is 165 Å². The lowest BCUT2D eigenvalue weighted by molar-refractivity contribution is 0.0694. The number of aromatic carboxylic acids is 1. The molecule has 2 aliphatic heterocycles. The van der Waals surface area contributed by atoms with Crippen LogP contribution in [0.3, 0.4) is 0 Å². The van der Waals surface area contributed by atoms with Crippen molar-refractivity contribution in [2.75, 3.05) is 6.61 Å². The van der Waals surface area contributed by atoms with Gasteiger partial charge in [0.15, 0.2) is 5.75 Å². The number of carboxylic acid groups (broad SMARTS) is 1. The third kappa shape index (κ3) is 2.59. The van der Waals surface area contributed by atoms with Gasteiger partial charge in [-0.15, -0.1) is 0 Å². The van der Waals surface area contributed by atoms with Crippen LogP contribution in [0.4, 0.5) is 4.39 Å². The normalized spacial score (nSPS) is 20.4. The van der Waals surface area contributed by atoms with Crippen LogP contribution >= 0.6 is 0 Å². The van der Waals surface area contributed by atoms with Crippen LogP contribution in [0.25, 0.3) is 22.0 Å². The Kier molecular flexibility index (Phi) is 3.82. The molecule has 2 aromatic heterocycles. The van der Waals surface area contributed by atoms with Crippen molar-refractivity contribution < 1.29 is 19.0 Å². The van der Waals surface area contributed by atoms with Gasteiger partial charge >= 0.3 is 5.97 Å². The molecular weight excluding hydrogens is 377 g/mol. The summed E-state index contributed by atoms with van der Waals surface area (Å²) in [6.45, 7) is 5.69. The van der Waals surface area contributed by atoms with Crippen molar-refractivity contribution in [3.63, 3.8) is 0 Å². The van der Waals surface area contributed by atoms with Gasteiger partial charge in [-0.3, -0.25) is 4.79 Å². The summed E-state index contributed by atoms with van der Waals surface area (Å²) < 4.78 is 25.0. The monoisotopic (exact) mass is 397 g/mol. The van der Waals surface area contributed by atoms with E-state index >= 15 is 4.39 Å². The molecular formula is C21H20FN3O4. The number of hydrogen-bond acceptors (Lipinski definition) is 4. The highest BCUT2D eigenvalue weighted by atomic mass is 19.1. The predicted molar refractivity (Wildman–Crippen MR) is 105 cm³/mol. The van der Waals surface area contributed by atoms with Crippen molar-refractivity contribution >= 4 is 16.9 Å². The molecule has 0 bridgehead atoms. The Bertz CT molecular complexity index is 1240. The summed E-state index contributed by atoms with van der Waals surface area (Å²) in [5, 5.41) is 12.8. The maximum atomic E-state index is 15.3. The number of carbonyl (C=O) groups is 1. The average Bonchev–Trinajstić information content (AvgIpc) is 3.08. The van der Waals surface area contributed by atoms with Gasteiger partial charge in [-0.25, -0.2) is 9.18 Å². The number of fused-ring (bicyclic) bond motifs is 1. The molecule has 0 saturated heterocycles. The van der Waals surface area contributed by atoms with Crippen LogP contribution in [0.1, 0.15) is 35.9 Å². The number of aromatic nitrogens is 2. The fraction of sp³-hybridized carbons (Fsp3) is 0.333. The number of rotatable bonds is 2. The molecule has 0 spiro atoms. The number of ether oxygens (including phenoxy) is 1. The van der Waals surface area contributed by atoms with Crippen LogP contribution in [0, 0.1) is 5.82 Å². The number of hydrogen-bond donors (Lipinski definition) is 2. The van der Waals surface area contributed by atoms with Gasteiger partial charge in [-0.2, -0.15) is 0 Å². The molecule has 7 nitrogen and oxygen atoms in total. The van der Waals surface area contributed by atoms with Crippen molar-refractivity contribution in [1.29, 1.82) is 0 Å². The summed E-state index contributed by atoms with van der Waals surface area (Å²) in [7, 11) is 0. The highest BCUT2D eigenvalue weighted by Gasteiger charge is 2.29. The number of benzene rings is 1. The Morgan fingerprint density at radius 2 is 2.10 bits per heavy atom. The first kappa shape index (κ1) is 17.9. The molecule has 29 heavy (non-hydrogen) atoms. The Hall–Kier alpha value is -3.13. The van der Waals surface area contributed by atoms with Crippen LogP contribution in [0.5, 0.6) is 5.75 Å². The van der Waals surface area contributed by atoms with E-state index in [0.29, 0.717) is 29.2 Å². The molecule has 2 atom stereocenters. The minimum absolute atomic E-state index is 0.0203. The van der Waals surface area contributed by atoms with E-state index in [1.807, 2.05) is 19.2 Å². The first-order chi connectivity index (χ1) is 13.8. The van der Waals surface area contributed by atoms with Gasteiger partial charge < -0.3 is 24.3 Å². The highest BCUT2D eigenvalue weighted by Crippen LogP contribution is 2.42. The second kappa shape index (κ2) is 6.18. The zero-order chi connectivity index (χ0) is 20.4. The van der Waals surface area contributed by atoms with Crippen LogP contribution in [0.2, 0.25) is 0 Å². The lowest BCUT2D eigenvalue weighted by atomic mass is 10.00. The van der Waals surface area contributed by atoms with Gasteiger partial charge in [-0.1, -0.05) is 0 Å². The zero-order valence-corrected chi connectivity index (χ0v) is 16.0. The number of carboxylic acids is 1. The number of halogens is 1. The molecule has 4 heterocycles. The van der Waals surface area contributed by atoms with E-state index in [1.165, 1.54) is 6.20 Å². The lowest BCUT2D eigenvalue weighted by Crippen LogP contribution is -2.35.